The van der Waals surface area contributed by atoms with E-state index in [1.165, 1.54) is 37.7 Å². The fraction of sp³-hybridized carbons (Fsp3) is 0.744. The Hall–Kier alpha value is -1.50. The number of aliphatic hydroxyl groups excluding tert-OH is 1. The van der Waals surface area contributed by atoms with Gasteiger partial charge in [-0.3, -0.25) is 4.90 Å². The van der Waals surface area contributed by atoms with Crippen LogP contribution in [0.4, 0.5) is 0 Å². The van der Waals surface area contributed by atoms with Crippen molar-refractivity contribution >= 4 is 0 Å². The molecule has 0 radical (unpaired) electrons. The molecule has 1 unspecified atom stereocenters. The largest absolute Gasteiger partial charge is 0.393 e. The Kier molecular flexibility index (Phi) is 8.91. The van der Waals surface area contributed by atoms with Crippen molar-refractivity contribution in [2.24, 2.45) is 35.0 Å². The van der Waals surface area contributed by atoms with Crippen LogP contribution in [0.15, 0.2) is 53.1 Å². The minimum Gasteiger partial charge on any atom is -0.393 e. The van der Waals surface area contributed by atoms with Gasteiger partial charge in [-0.05, 0) is 99.4 Å². The molecule has 1 aromatic carbocycles. The fourth-order valence-corrected chi connectivity index (χ4v) is 11.0. The molecule has 6 aliphatic rings. The maximum atomic E-state index is 10.4. The molecule has 7 rings (SSSR count). The molecule has 44 heavy (non-hydrogen) atoms. The molecule has 5 heteroatoms. The summed E-state index contributed by atoms with van der Waals surface area (Å²) in [6, 6.07) is 10.9. The van der Waals surface area contributed by atoms with Crippen molar-refractivity contribution in [2.45, 2.75) is 116 Å². The van der Waals surface area contributed by atoms with Crippen LogP contribution in [0.2, 0.25) is 0 Å². The van der Waals surface area contributed by atoms with Gasteiger partial charge < -0.3 is 19.3 Å². The summed E-state index contributed by atoms with van der Waals surface area (Å²) in [5, 5.41) is 10.4. The third kappa shape index (κ3) is 5.68. The van der Waals surface area contributed by atoms with E-state index < -0.39 is 0 Å². The number of nitrogens with zero attached hydrogens (tertiary/aromatic N) is 1. The first kappa shape index (κ1) is 31.1. The van der Waals surface area contributed by atoms with E-state index in [4.69, 9.17) is 14.2 Å². The zero-order chi connectivity index (χ0) is 30.5. The molecule has 0 amide bonds. The average Bonchev–Trinajstić information content (AvgIpc) is 3.47. The van der Waals surface area contributed by atoms with Crippen molar-refractivity contribution in [3.05, 3.63) is 58.7 Å². The smallest absolute Gasteiger partial charge is 0.0765 e. The first-order valence-electron chi connectivity index (χ1n) is 17.9. The summed E-state index contributed by atoms with van der Waals surface area (Å²) in [7, 11) is 0. The van der Waals surface area contributed by atoms with Crippen LogP contribution in [-0.4, -0.2) is 66.8 Å². The van der Waals surface area contributed by atoms with Crippen molar-refractivity contribution in [3.8, 4) is 0 Å². The Morgan fingerprint density at radius 2 is 1.84 bits per heavy atom. The lowest BCUT2D eigenvalue weighted by Crippen LogP contribution is -2.52. The number of hydrogen-bond donors (Lipinski definition) is 1. The molecule has 0 bridgehead atoms. The fourth-order valence-electron chi connectivity index (χ4n) is 11.0. The quantitative estimate of drug-likeness (QED) is 0.249. The summed E-state index contributed by atoms with van der Waals surface area (Å²) in [6.07, 6.45) is 13.0. The molecule has 1 N–H and O–H groups in total. The number of likely N-dealkylation sites (tertiary alicyclic amines) is 1. The van der Waals surface area contributed by atoms with Gasteiger partial charge >= 0.3 is 0 Å². The summed E-state index contributed by atoms with van der Waals surface area (Å²) in [5.41, 5.74) is 6.47. The zero-order valence-electron chi connectivity index (χ0n) is 27.8. The molecule has 1 aromatic rings. The van der Waals surface area contributed by atoms with Crippen molar-refractivity contribution in [1.82, 2.24) is 4.90 Å². The van der Waals surface area contributed by atoms with E-state index in [1.807, 2.05) is 6.07 Å². The molecule has 242 valence electrons. The maximum Gasteiger partial charge on any atom is 0.0765 e. The van der Waals surface area contributed by atoms with Crippen LogP contribution in [0.5, 0.6) is 0 Å². The molecule has 2 aliphatic heterocycles. The van der Waals surface area contributed by atoms with Gasteiger partial charge in [-0.15, -0.1) is 0 Å². The number of ether oxygens (including phenoxy) is 3. The van der Waals surface area contributed by atoms with Gasteiger partial charge in [0.1, 0.15) is 0 Å². The molecular formula is C39H57NO4. The molecule has 2 saturated carbocycles. The molecule has 10 atom stereocenters. The Labute approximate surface area is 266 Å². The summed E-state index contributed by atoms with van der Waals surface area (Å²) in [4.78, 5) is 2.72. The van der Waals surface area contributed by atoms with Crippen LogP contribution >= 0.6 is 0 Å². The van der Waals surface area contributed by atoms with Gasteiger partial charge in [0.2, 0.25) is 0 Å². The lowest BCUT2D eigenvalue weighted by atomic mass is 9.56. The molecule has 4 fully saturated rings. The summed E-state index contributed by atoms with van der Waals surface area (Å²) in [6.45, 7) is 14.7. The summed E-state index contributed by atoms with van der Waals surface area (Å²) < 4.78 is 19.2. The van der Waals surface area contributed by atoms with Gasteiger partial charge in [0.25, 0.3) is 0 Å². The Morgan fingerprint density at radius 3 is 2.68 bits per heavy atom. The Balaban J connectivity index is 0.981. The van der Waals surface area contributed by atoms with E-state index >= 15 is 0 Å². The first-order chi connectivity index (χ1) is 21.3. The predicted octanol–water partition coefficient (Wildman–Crippen LogP) is 7.34. The van der Waals surface area contributed by atoms with E-state index in [0.717, 1.165) is 57.2 Å². The summed E-state index contributed by atoms with van der Waals surface area (Å²) >= 11 is 0. The Bertz CT molecular complexity index is 1230. The average molecular weight is 604 g/mol. The highest BCUT2D eigenvalue weighted by Gasteiger charge is 2.59. The van der Waals surface area contributed by atoms with Crippen LogP contribution in [0.3, 0.4) is 0 Å². The van der Waals surface area contributed by atoms with Gasteiger partial charge in [-0.2, -0.15) is 0 Å². The first-order valence-corrected chi connectivity index (χ1v) is 17.9. The van der Waals surface area contributed by atoms with Gasteiger partial charge in [-0.25, -0.2) is 0 Å². The number of piperidine rings is 1. The molecule has 2 heterocycles. The van der Waals surface area contributed by atoms with E-state index in [-0.39, 0.29) is 17.1 Å². The van der Waals surface area contributed by atoms with E-state index in [9.17, 15) is 5.11 Å². The van der Waals surface area contributed by atoms with Crippen LogP contribution < -0.4 is 0 Å². The molecule has 0 aromatic heterocycles. The van der Waals surface area contributed by atoms with Crippen LogP contribution in [-0.2, 0) is 20.8 Å². The molecular weight excluding hydrogens is 546 g/mol. The standard InChI is InChI=1S/C39H57NO4/c1-26-20-36-37(40(24-26)16-17-42-18-19-43-25-29-8-6-5-7-9-29)28(3)39(44-36)15-13-32-33-11-10-30-21-31(41)12-14-38(30,4)35(33)22-34(32)27(2)23-39/h5-10,26,28,31-33,35-37,41H,11-25H2,1-4H3/t26-,28+,31-,32-,33-,35-,36+,37-,38?,39-/m0/s1. The number of hydrogen-bond acceptors (Lipinski definition) is 5. The number of fused-ring (bicyclic) bond motifs is 6. The number of benzene rings is 1. The molecule has 4 aliphatic carbocycles. The number of aliphatic hydroxyl groups is 1. The highest BCUT2D eigenvalue weighted by Crippen LogP contribution is 2.63. The van der Waals surface area contributed by atoms with E-state index in [1.54, 1.807) is 16.7 Å². The second-order valence-corrected chi connectivity index (χ2v) is 15.9. The third-order valence-electron chi connectivity index (χ3n) is 13.3. The lowest BCUT2D eigenvalue weighted by Gasteiger charge is -2.49. The van der Waals surface area contributed by atoms with Crippen LogP contribution in [0.25, 0.3) is 0 Å². The molecule has 5 nitrogen and oxygen atoms in total. The lowest BCUT2D eigenvalue weighted by molar-refractivity contribution is -0.0806. The molecule has 2 saturated heterocycles. The van der Waals surface area contributed by atoms with Crippen LogP contribution in [0.1, 0.15) is 91.0 Å². The highest BCUT2D eigenvalue weighted by atomic mass is 16.5. The van der Waals surface area contributed by atoms with Gasteiger partial charge in [0.15, 0.2) is 0 Å². The van der Waals surface area contributed by atoms with Crippen molar-refractivity contribution < 1.29 is 19.3 Å². The van der Waals surface area contributed by atoms with Gasteiger partial charge in [0, 0.05) is 25.0 Å². The Morgan fingerprint density at radius 1 is 1.02 bits per heavy atom. The van der Waals surface area contributed by atoms with Gasteiger partial charge in [-0.1, -0.05) is 73.9 Å². The van der Waals surface area contributed by atoms with Crippen molar-refractivity contribution in [1.29, 1.82) is 0 Å². The number of rotatable bonds is 8. The van der Waals surface area contributed by atoms with Crippen molar-refractivity contribution in [2.75, 3.05) is 32.9 Å². The van der Waals surface area contributed by atoms with E-state index in [2.05, 4.69) is 62.9 Å². The second-order valence-electron chi connectivity index (χ2n) is 15.9. The van der Waals surface area contributed by atoms with Crippen LogP contribution in [0, 0.1) is 35.0 Å². The van der Waals surface area contributed by atoms with E-state index in [0.29, 0.717) is 49.7 Å². The summed E-state index contributed by atoms with van der Waals surface area (Å²) in [5.74, 6) is 3.41. The predicted molar refractivity (Wildman–Crippen MR) is 175 cm³/mol. The SMILES string of the molecule is CC1=C2C[C@H]3[C@@H](CC=C4C[C@@H](O)CCC43C)[C@@H]2CC[C@@]2(C1)O[C@@H]1C[C@H](C)CN(CCOCCOCc3ccccc3)[C@H]1[C@H]2C. The maximum absolute atomic E-state index is 10.4. The minimum atomic E-state index is -0.129. The molecule has 1 spiro atoms. The third-order valence-corrected chi connectivity index (χ3v) is 13.3. The number of allylic oxidation sites excluding steroid dienone is 2. The zero-order valence-corrected chi connectivity index (χ0v) is 27.8. The highest BCUT2D eigenvalue weighted by molar-refractivity contribution is 5.34. The second kappa shape index (κ2) is 12.6. The normalized spacial score (nSPS) is 42.0. The van der Waals surface area contributed by atoms with Gasteiger partial charge in [0.05, 0.1) is 44.2 Å². The minimum absolute atomic E-state index is 0.0325. The van der Waals surface area contributed by atoms with Crippen molar-refractivity contribution in [3.63, 3.8) is 0 Å². The monoisotopic (exact) mass is 603 g/mol. The topological polar surface area (TPSA) is 51.2 Å².